The van der Waals surface area contributed by atoms with Gasteiger partial charge in [-0.05, 0) is 55.8 Å². The van der Waals surface area contributed by atoms with Crippen molar-refractivity contribution in [3.05, 3.63) is 71.3 Å². The van der Waals surface area contributed by atoms with Gasteiger partial charge in [0.1, 0.15) is 6.17 Å². The summed E-state index contributed by atoms with van der Waals surface area (Å²) in [6, 6.07) is 19.9. The molecule has 25 heavy (non-hydrogen) atoms. The molecule has 1 aliphatic carbocycles. The standard InChI is InChI=1S/C23H30FN/c1-3-25(17-20-7-5-4-6-8-20)18(2)9-10-19-11-13-21(14-12-19)22-15-16-23(22)24/h4-8,11-14,18,22-23H,3,9-10,15-17H2,1-2H3. The van der Waals surface area contributed by atoms with Crippen LogP contribution in [0.2, 0.25) is 0 Å². The van der Waals surface area contributed by atoms with Gasteiger partial charge in [-0.25, -0.2) is 4.39 Å². The van der Waals surface area contributed by atoms with Crippen molar-refractivity contribution in [2.75, 3.05) is 6.54 Å². The first-order chi connectivity index (χ1) is 12.2. The number of alkyl halides is 1. The van der Waals surface area contributed by atoms with E-state index in [4.69, 9.17) is 0 Å². The van der Waals surface area contributed by atoms with Crippen molar-refractivity contribution >= 4 is 0 Å². The van der Waals surface area contributed by atoms with E-state index in [9.17, 15) is 4.39 Å². The van der Waals surface area contributed by atoms with Crippen molar-refractivity contribution in [1.82, 2.24) is 4.90 Å². The molecule has 2 heteroatoms. The first kappa shape index (κ1) is 18.1. The molecule has 0 radical (unpaired) electrons. The second-order valence-electron chi connectivity index (χ2n) is 7.38. The number of aryl methyl sites for hydroxylation is 1. The van der Waals surface area contributed by atoms with Crippen molar-refractivity contribution in [1.29, 1.82) is 0 Å². The molecule has 0 bridgehead atoms. The first-order valence-electron chi connectivity index (χ1n) is 9.68. The molecule has 134 valence electrons. The second-order valence-corrected chi connectivity index (χ2v) is 7.38. The van der Waals surface area contributed by atoms with Crippen LogP contribution in [0.5, 0.6) is 0 Å². The molecule has 3 rings (SSSR count). The van der Waals surface area contributed by atoms with E-state index in [2.05, 4.69) is 73.3 Å². The van der Waals surface area contributed by atoms with Gasteiger partial charge in [0, 0.05) is 18.5 Å². The van der Waals surface area contributed by atoms with E-state index in [0.717, 1.165) is 38.8 Å². The molecule has 0 spiro atoms. The molecular weight excluding hydrogens is 309 g/mol. The highest BCUT2D eigenvalue weighted by molar-refractivity contribution is 5.28. The van der Waals surface area contributed by atoms with Crippen LogP contribution in [0.3, 0.4) is 0 Å². The van der Waals surface area contributed by atoms with Gasteiger partial charge >= 0.3 is 0 Å². The number of benzene rings is 2. The molecule has 0 heterocycles. The van der Waals surface area contributed by atoms with E-state index in [1.807, 2.05) is 0 Å². The highest BCUT2D eigenvalue weighted by Crippen LogP contribution is 2.39. The van der Waals surface area contributed by atoms with Gasteiger partial charge in [-0.15, -0.1) is 0 Å². The Morgan fingerprint density at radius 3 is 2.28 bits per heavy atom. The molecular formula is C23H30FN. The Kier molecular flexibility index (Phi) is 6.25. The Bertz CT molecular complexity index is 637. The maximum Gasteiger partial charge on any atom is 0.107 e. The summed E-state index contributed by atoms with van der Waals surface area (Å²) in [4.78, 5) is 2.53. The van der Waals surface area contributed by atoms with Gasteiger partial charge in [-0.3, -0.25) is 4.90 Å². The number of nitrogens with zero attached hydrogens (tertiary/aromatic N) is 1. The average molecular weight is 339 g/mol. The molecule has 0 N–H and O–H groups in total. The van der Waals surface area contributed by atoms with Crippen molar-refractivity contribution in [2.24, 2.45) is 0 Å². The summed E-state index contributed by atoms with van der Waals surface area (Å²) in [5.41, 5.74) is 3.91. The summed E-state index contributed by atoms with van der Waals surface area (Å²) in [6.45, 7) is 6.63. The third-order valence-electron chi connectivity index (χ3n) is 5.71. The monoisotopic (exact) mass is 339 g/mol. The zero-order chi connectivity index (χ0) is 17.6. The minimum atomic E-state index is -0.623. The molecule has 0 amide bonds. The fraction of sp³-hybridized carbons (Fsp3) is 0.478. The third-order valence-corrected chi connectivity index (χ3v) is 5.71. The molecule has 3 unspecified atom stereocenters. The fourth-order valence-corrected chi connectivity index (χ4v) is 3.72. The number of hydrogen-bond donors (Lipinski definition) is 0. The molecule has 1 saturated carbocycles. The minimum Gasteiger partial charge on any atom is -0.297 e. The normalized spacial score (nSPS) is 21.1. The molecule has 1 nitrogen and oxygen atoms in total. The molecule has 0 aromatic heterocycles. The predicted octanol–water partition coefficient (Wildman–Crippen LogP) is 5.75. The Hall–Kier alpha value is -1.67. The van der Waals surface area contributed by atoms with E-state index < -0.39 is 6.17 Å². The third kappa shape index (κ3) is 4.70. The number of halogens is 1. The number of rotatable bonds is 8. The van der Waals surface area contributed by atoms with Crippen LogP contribution in [0, 0.1) is 0 Å². The predicted molar refractivity (Wildman–Crippen MR) is 104 cm³/mol. The second kappa shape index (κ2) is 8.62. The maximum absolute atomic E-state index is 13.5. The summed E-state index contributed by atoms with van der Waals surface area (Å²) in [5, 5.41) is 0. The van der Waals surface area contributed by atoms with E-state index in [1.165, 1.54) is 16.7 Å². The van der Waals surface area contributed by atoms with Gasteiger partial charge < -0.3 is 0 Å². The smallest absolute Gasteiger partial charge is 0.107 e. The summed E-state index contributed by atoms with van der Waals surface area (Å²) < 4.78 is 13.5. The van der Waals surface area contributed by atoms with Crippen LogP contribution in [0.25, 0.3) is 0 Å². The Morgan fingerprint density at radius 2 is 1.72 bits per heavy atom. The Morgan fingerprint density at radius 1 is 1.00 bits per heavy atom. The van der Waals surface area contributed by atoms with Gasteiger partial charge in [-0.2, -0.15) is 0 Å². The quantitative estimate of drug-likeness (QED) is 0.592. The van der Waals surface area contributed by atoms with Gasteiger partial charge in [0.2, 0.25) is 0 Å². The lowest BCUT2D eigenvalue weighted by atomic mass is 9.78. The van der Waals surface area contributed by atoms with Crippen molar-refractivity contribution in [3.63, 3.8) is 0 Å². The average Bonchev–Trinajstić information content (AvgIpc) is 2.65. The van der Waals surface area contributed by atoms with Crippen LogP contribution < -0.4 is 0 Å². The highest BCUT2D eigenvalue weighted by atomic mass is 19.1. The molecule has 3 atom stereocenters. The van der Waals surface area contributed by atoms with Crippen LogP contribution in [-0.2, 0) is 13.0 Å². The van der Waals surface area contributed by atoms with Crippen LogP contribution in [0.1, 0.15) is 55.7 Å². The van der Waals surface area contributed by atoms with Crippen LogP contribution in [-0.4, -0.2) is 23.7 Å². The highest BCUT2D eigenvalue weighted by Gasteiger charge is 2.31. The largest absolute Gasteiger partial charge is 0.297 e. The number of hydrogen-bond acceptors (Lipinski definition) is 1. The van der Waals surface area contributed by atoms with E-state index >= 15 is 0 Å². The fourth-order valence-electron chi connectivity index (χ4n) is 3.72. The SMILES string of the molecule is CCN(Cc1ccccc1)C(C)CCc1ccc(C2CCC2F)cc1. The zero-order valence-electron chi connectivity index (χ0n) is 15.5. The summed E-state index contributed by atoms with van der Waals surface area (Å²) in [7, 11) is 0. The molecule has 1 aliphatic rings. The maximum atomic E-state index is 13.5. The van der Waals surface area contributed by atoms with E-state index in [1.54, 1.807) is 0 Å². The van der Waals surface area contributed by atoms with Crippen molar-refractivity contribution in [2.45, 2.75) is 64.2 Å². The zero-order valence-corrected chi connectivity index (χ0v) is 15.5. The van der Waals surface area contributed by atoms with Crippen molar-refractivity contribution in [3.8, 4) is 0 Å². The Labute approximate surface area is 151 Å². The van der Waals surface area contributed by atoms with E-state index in [0.29, 0.717) is 6.04 Å². The van der Waals surface area contributed by atoms with E-state index in [-0.39, 0.29) is 5.92 Å². The molecule has 0 aliphatic heterocycles. The molecule has 1 fully saturated rings. The van der Waals surface area contributed by atoms with Gasteiger partial charge in [0.05, 0.1) is 0 Å². The van der Waals surface area contributed by atoms with Gasteiger partial charge in [-0.1, -0.05) is 61.5 Å². The molecule has 0 saturated heterocycles. The summed E-state index contributed by atoms with van der Waals surface area (Å²) >= 11 is 0. The van der Waals surface area contributed by atoms with Crippen LogP contribution in [0.4, 0.5) is 4.39 Å². The molecule has 2 aromatic rings. The lowest BCUT2D eigenvalue weighted by Gasteiger charge is -2.31. The Balaban J connectivity index is 1.51. The topological polar surface area (TPSA) is 3.24 Å². The van der Waals surface area contributed by atoms with Gasteiger partial charge in [0.15, 0.2) is 0 Å². The summed E-state index contributed by atoms with van der Waals surface area (Å²) in [6.07, 6.45) is 3.34. The van der Waals surface area contributed by atoms with Gasteiger partial charge in [0.25, 0.3) is 0 Å². The van der Waals surface area contributed by atoms with Crippen LogP contribution in [0.15, 0.2) is 54.6 Å². The molecule has 2 aromatic carbocycles. The minimum absolute atomic E-state index is 0.148. The first-order valence-corrected chi connectivity index (χ1v) is 9.68. The summed E-state index contributed by atoms with van der Waals surface area (Å²) in [5.74, 6) is 0.148. The van der Waals surface area contributed by atoms with Crippen molar-refractivity contribution < 1.29 is 4.39 Å². The lowest BCUT2D eigenvalue weighted by molar-refractivity contribution is 0.170. The lowest BCUT2D eigenvalue weighted by Crippen LogP contribution is -2.32. The van der Waals surface area contributed by atoms with Crippen LogP contribution >= 0.6 is 0 Å².